The monoisotopic (exact) mass is 353 g/mol. The summed E-state index contributed by atoms with van der Waals surface area (Å²) in [5.74, 6) is 1.26. The number of carbonyl (C=O) groups is 1. The zero-order valence-corrected chi connectivity index (χ0v) is 15.4. The van der Waals surface area contributed by atoms with Crippen LogP contribution in [0, 0.1) is 6.92 Å². The summed E-state index contributed by atoms with van der Waals surface area (Å²) in [5.41, 5.74) is 3.37. The summed E-state index contributed by atoms with van der Waals surface area (Å²) < 4.78 is 0. The molecule has 3 heterocycles. The number of aryl methyl sites for hydroxylation is 1. The molecule has 1 aromatic carbocycles. The van der Waals surface area contributed by atoms with Gasteiger partial charge < -0.3 is 20.1 Å². The molecule has 0 saturated carbocycles. The number of hydrogen-bond donors (Lipinski definition) is 2. The van der Waals surface area contributed by atoms with Crippen LogP contribution in [0.2, 0.25) is 0 Å². The number of aromatic nitrogens is 2. The van der Waals surface area contributed by atoms with Gasteiger partial charge in [0.25, 0.3) is 0 Å². The zero-order chi connectivity index (χ0) is 17.9. The van der Waals surface area contributed by atoms with Gasteiger partial charge in [0.05, 0.1) is 6.54 Å². The fourth-order valence-corrected chi connectivity index (χ4v) is 3.92. The SMILES string of the molecule is Cc1cnc(CNC2CCN(c3cccc(N4CCCC4=O)c3)CC2)[nH]1. The molecular formula is C20H27N5O. The van der Waals surface area contributed by atoms with Gasteiger partial charge in [0, 0.05) is 55.4 Å². The largest absolute Gasteiger partial charge is 0.371 e. The van der Waals surface area contributed by atoms with Crippen LogP contribution in [0.3, 0.4) is 0 Å². The van der Waals surface area contributed by atoms with E-state index in [0.717, 1.165) is 62.6 Å². The number of anilines is 2. The standard InChI is InChI=1S/C20H27N5O/c1-15-13-22-19(23-15)14-21-16-7-10-24(11-8-16)17-4-2-5-18(12-17)25-9-3-6-20(25)26/h2,4-5,12-13,16,21H,3,6-11,14H2,1H3,(H,22,23). The number of nitrogens with one attached hydrogen (secondary N) is 2. The molecule has 1 amide bonds. The van der Waals surface area contributed by atoms with Gasteiger partial charge in [-0.1, -0.05) is 6.07 Å². The smallest absolute Gasteiger partial charge is 0.227 e. The van der Waals surface area contributed by atoms with E-state index in [9.17, 15) is 4.79 Å². The van der Waals surface area contributed by atoms with E-state index in [4.69, 9.17) is 0 Å². The highest BCUT2D eigenvalue weighted by Crippen LogP contribution is 2.27. The lowest BCUT2D eigenvalue weighted by molar-refractivity contribution is -0.117. The molecule has 0 unspecified atom stereocenters. The van der Waals surface area contributed by atoms with Crippen molar-refractivity contribution >= 4 is 17.3 Å². The molecular weight excluding hydrogens is 326 g/mol. The van der Waals surface area contributed by atoms with E-state index >= 15 is 0 Å². The van der Waals surface area contributed by atoms with E-state index in [2.05, 4.69) is 38.4 Å². The number of aromatic amines is 1. The molecule has 6 heteroatoms. The van der Waals surface area contributed by atoms with Crippen molar-refractivity contribution in [3.63, 3.8) is 0 Å². The van der Waals surface area contributed by atoms with Crippen molar-refractivity contribution in [2.45, 2.75) is 45.2 Å². The second-order valence-corrected chi connectivity index (χ2v) is 7.32. The Labute approximate surface area is 154 Å². The van der Waals surface area contributed by atoms with E-state index in [-0.39, 0.29) is 5.91 Å². The minimum atomic E-state index is 0.248. The molecule has 1 aromatic heterocycles. The average Bonchev–Trinajstić information content (AvgIpc) is 3.28. The maximum atomic E-state index is 12.0. The van der Waals surface area contributed by atoms with Crippen LogP contribution in [0.25, 0.3) is 0 Å². The van der Waals surface area contributed by atoms with E-state index in [1.807, 2.05) is 24.1 Å². The van der Waals surface area contributed by atoms with Gasteiger partial charge in [0.1, 0.15) is 5.82 Å². The van der Waals surface area contributed by atoms with Crippen LogP contribution in [0.1, 0.15) is 37.2 Å². The fourth-order valence-electron chi connectivity index (χ4n) is 3.92. The molecule has 0 atom stereocenters. The van der Waals surface area contributed by atoms with Crippen molar-refractivity contribution in [1.82, 2.24) is 15.3 Å². The van der Waals surface area contributed by atoms with E-state index in [1.54, 1.807) is 0 Å². The number of nitrogens with zero attached hydrogens (tertiary/aromatic N) is 3. The second-order valence-electron chi connectivity index (χ2n) is 7.32. The predicted molar refractivity (Wildman–Crippen MR) is 103 cm³/mol. The van der Waals surface area contributed by atoms with Crippen LogP contribution in [0.5, 0.6) is 0 Å². The molecule has 0 bridgehead atoms. The van der Waals surface area contributed by atoms with Gasteiger partial charge in [-0.25, -0.2) is 4.98 Å². The quantitative estimate of drug-likeness (QED) is 0.867. The molecule has 0 aliphatic carbocycles. The van der Waals surface area contributed by atoms with E-state index < -0.39 is 0 Å². The van der Waals surface area contributed by atoms with Gasteiger partial charge in [-0.3, -0.25) is 4.79 Å². The van der Waals surface area contributed by atoms with Crippen molar-refractivity contribution in [2.75, 3.05) is 29.4 Å². The summed E-state index contributed by atoms with van der Waals surface area (Å²) in [5, 5.41) is 3.61. The molecule has 0 spiro atoms. The van der Waals surface area contributed by atoms with E-state index in [0.29, 0.717) is 12.5 Å². The molecule has 2 saturated heterocycles. The van der Waals surface area contributed by atoms with E-state index in [1.165, 1.54) is 5.69 Å². The first kappa shape index (κ1) is 17.1. The van der Waals surface area contributed by atoms with Gasteiger partial charge >= 0.3 is 0 Å². The number of H-pyrrole nitrogens is 1. The van der Waals surface area contributed by atoms with Crippen LogP contribution < -0.4 is 15.1 Å². The molecule has 2 fully saturated rings. The van der Waals surface area contributed by atoms with Gasteiger partial charge in [-0.2, -0.15) is 0 Å². The summed E-state index contributed by atoms with van der Waals surface area (Å²) in [6.45, 7) is 5.74. The zero-order valence-electron chi connectivity index (χ0n) is 15.4. The Balaban J connectivity index is 1.32. The lowest BCUT2D eigenvalue weighted by Gasteiger charge is -2.34. The topological polar surface area (TPSA) is 64.3 Å². The lowest BCUT2D eigenvalue weighted by Crippen LogP contribution is -2.42. The number of hydrogen-bond acceptors (Lipinski definition) is 4. The number of carbonyl (C=O) groups excluding carboxylic acids is 1. The van der Waals surface area contributed by atoms with Crippen molar-refractivity contribution < 1.29 is 4.79 Å². The van der Waals surface area contributed by atoms with Crippen molar-refractivity contribution in [3.8, 4) is 0 Å². The molecule has 2 N–H and O–H groups in total. The molecule has 4 rings (SSSR count). The molecule has 138 valence electrons. The first-order valence-electron chi connectivity index (χ1n) is 9.58. The highest BCUT2D eigenvalue weighted by molar-refractivity contribution is 5.95. The molecule has 2 aliphatic rings. The maximum Gasteiger partial charge on any atom is 0.227 e. The fraction of sp³-hybridized carbons (Fsp3) is 0.500. The number of imidazole rings is 1. The van der Waals surface area contributed by atoms with Gasteiger partial charge in [-0.05, 0) is 44.4 Å². The molecule has 2 aromatic rings. The van der Waals surface area contributed by atoms with Crippen molar-refractivity contribution in [2.24, 2.45) is 0 Å². The Kier molecular flexibility index (Phi) is 4.93. The van der Waals surface area contributed by atoms with Crippen molar-refractivity contribution in [3.05, 3.63) is 42.0 Å². The third kappa shape index (κ3) is 3.75. The van der Waals surface area contributed by atoms with Crippen LogP contribution in [-0.4, -0.2) is 41.6 Å². The first-order chi connectivity index (χ1) is 12.7. The van der Waals surface area contributed by atoms with Crippen molar-refractivity contribution in [1.29, 1.82) is 0 Å². The summed E-state index contributed by atoms with van der Waals surface area (Å²) in [6.07, 6.45) is 5.75. The van der Waals surface area contributed by atoms with Gasteiger partial charge in [0.15, 0.2) is 0 Å². The average molecular weight is 353 g/mol. The molecule has 0 radical (unpaired) electrons. The maximum absolute atomic E-state index is 12.0. The highest BCUT2D eigenvalue weighted by atomic mass is 16.2. The highest BCUT2D eigenvalue weighted by Gasteiger charge is 2.23. The Bertz CT molecular complexity index is 763. The summed E-state index contributed by atoms with van der Waals surface area (Å²) in [6, 6.07) is 8.97. The van der Waals surface area contributed by atoms with Gasteiger partial charge in [0.2, 0.25) is 5.91 Å². The minimum Gasteiger partial charge on any atom is -0.371 e. The molecule has 26 heavy (non-hydrogen) atoms. The third-order valence-electron chi connectivity index (χ3n) is 5.39. The molecule has 2 aliphatic heterocycles. The number of rotatable bonds is 5. The molecule has 6 nitrogen and oxygen atoms in total. The normalized spacial score (nSPS) is 18.7. The number of piperidine rings is 1. The van der Waals surface area contributed by atoms with Crippen LogP contribution in [0.4, 0.5) is 11.4 Å². The minimum absolute atomic E-state index is 0.248. The Hall–Kier alpha value is -2.34. The predicted octanol–water partition coefficient (Wildman–Crippen LogP) is 2.60. The number of amides is 1. The first-order valence-corrected chi connectivity index (χ1v) is 9.58. The number of benzene rings is 1. The Morgan fingerprint density at radius 3 is 2.73 bits per heavy atom. The summed E-state index contributed by atoms with van der Waals surface area (Å²) in [7, 11) is 0. The van der Waals surface area contributed by atoms with Crippen LogP contribution in [0.15, 0.2) is 30.5 Å². The lowest BCUT2D eigenvalue weighted by atomic mass is 10.0. The van der Waals surface area contributed by atoms with Gasteiger partial charge in [-0.15, -0.1) is 0 Å². The van der Waals surface area contributed by atoms with Crippen LogP contribution >= 0.6 is 0 Å². The summed E-state index contributed by atoms with van der Waals surface area (Å²) in [4.78, 5) is 24.0. The second kappa shape index (κ2) is 7.50. The van der Waals surface area contributed by atoms with Crippen LogP contribution in [-0.2, 0) is 11.3 Å². The summed E-state index contributed by atoms with van der Waals surface area (Å²) >= 11 is 0. The Morgan fingerprint density at radius 2 is 2.04 bits per heavy atom. The third-order valence-corrected chi connectivity index (χ3v) is 5.39. The Morgan fingerprint density at radius 1 is 1.23 bits per heavy atom.